The van der Waals surface area contributed by atoms with Crippen LogP contribution in [0, 0.1) is 11.8 Å². The fourth-order valence-corrected chi connectivity index (χ4v) is 3.60. The number of nitrogens with two attached hydrogens (primary N) is 1. The van der Waals surface area contributed by atoms with Crippen molar-refractivity contribution in [1.82, 2.24) is 5.48 Å². The number of rotatable bonds is 10. The van der Waals surface area contributed by atoms with Gasteiger partial charge in [-0.1, -0.05) is 6.92 Å². The van der Waals surface area contributed by atoms with Crippen LogP contribution < -0.4 is 11.2 Å². The molecule has 0 saturated carbocycles. The minimum Gasteiger partial charge on any atom is -0.467 e. The molecule has 0 aromatic carbocycles. The monoisotopic (exact) mass is 422 g/mol. The first-order valence-corrected chi connectivity index (χ1v) is 9.81. The smallest absolute Gasteiger partial charge is 0.301 e. The van der Waals surface area contributed by atoms with Crippen molar-refractivity contribution in [3.63, 3.8) is 0 Å². The van der Waals surface area contributed by atoms with E-state index in [4.69, 9.17) is 29.5 Å². The highest BCUT2D eigenvalue weighted by Gasteiger charge is 2.44. The van der Waals surface area contributed by atoms with Crippen molar-refractivity contribution in [2.75, 3.05) is 33.5 Å². The SMILES string of the molecule is CCONC1[C@H](OCC[C@@H]2C(CO)OC(OC)=C(N)[C@H]2O)OC(CO)[C@@H](C)[C@@H]1O. The maximum Gasteiger partial charge on any atom is 0.301 e. The highest BCUT2D eigenvalue weighted by molar-refractivity contribution is 5.11. The van der Waals surface area contributed by atoms with Crippen LogP contribution in [-0.2, 0) is 23.8 Å². The van der Waals surface area contributed by atoms with Gasteiger partial charge in [-0.2, -0.15) is 5.48 Å². The van der Waals surface area contributed by atoms with Crippen LogP contribution in [0.2, 0.25) is 0 Å². The van der Waals surface area contributed by atoms with Crippen LogP contribution in [0.15, 0.2) is 11.6 Å². The predicted octanol–water partition coefficient (Wildman–Crippen LogP) is -1.84. The first-order chi connectivity index (χ1) is 13.9. The molecule has 0 amide bonds. The molecule has 0 aliphatic carbocycles. The Morgan fingerprint density at radius 1 is 1.17 bits per heavy atom. The van der Waals surface area contributed by atoms with Crippen LogP contribution in [0.25, 0.3) is 0 Å². The molecule has 2 aliphatic heterocycles. The van der Waals surface area contributed by atoms with Crippen molar-refractivity contribution >= 4 is 0 Å². The van der Waals surface area contributed by atoms with E-state index in [9.17, 15) is 20.4 Å². The maximum absolute atomic E-state index is 10.6. The zero-order chi connectivity index (χ0) is 21.6. The maximum atomic E-state index is 10.6. The predicted molar refractivity (Wildman–Crippen MR) is 99.7 cm³/mol. The number of hydrogen-bond donors (Lipinski definition) is 6. The molecule has 1 fully saturated rings. The van der Waals surface area contributed by atoms with Gasteiger partial charge in [-0.15, -0.1) is 0 Å². The second-order valence-electron chi connectivity index (χ2n) is 7.21. The number of methoxy groups -OCH3 is 1. The Bertz CT molecular complexity index is 535. The van der Waals surface area contributed by atoms with Crippen LogP contribution in [0.1, 0.15) is 20.3 Å². The van der Waals surface area contributed by atoms with Crippen LogP contribution >= 0.6 is 0 Å². The molecule has 170 valence electrons. The molecule has 0 aromatic rings. The molecule has 29 heavy (non-hydrogen) atoms. The van der Waals surface area contributed by atoms with E-state index >= 15 is 0 Å². The van der Waals surface area contributed by atoms with Gasteiger partial charge in [-0.25, -0.2) is 0 Å². The van der Waals surface area contributed by atoms with Gasteiger partial charge in [0.2, 0.25) is 0 Å². The van der Waals surface area contributed by atoms with Crippen molar-refractivity contribution in [3.05, 3.63) is 11.6 Å². The molecule has 2 rings (SSSR count). The van der Waals surface area contributed by atoms with Gasteiger partial charge in [0, 0.05) is 11.8 Å². The second-order valence-corrected chi connectivity index (χ2v) is 7.21. The number of aliphatic hydroxyl groups excluding tert-OH is 4. The summed E-state index contributed by atoms with van der Waals surface area (Å²) in [7, 11) is 1.36. The largest absolute Gasteiger partial charge is 0.467 e. The van der Waals surface area contributed by atoms with Crippen molar-refractivity contribution in [1.29, 1.82) is 0 Å². The highest BCUT2D eigenvalue weighted by atomic mass is 16.7. The molecule has 1 saturated heterocycles. The summed E-state index contributed by atoms with van der Waals surface area (Å²) in [5.41, 5.74) is 8.64. The fourth-order valence-electron chi connectivity index (χ4n) is 3.60. The Morgan fingerprint density at radius 2 is 1.86 bits per heavy atom. The molecule has 11 nitrogen and oxygen atoms in total. The lowest BCUT2D eigenvalue weighted by Crippen LogP contribution is -2.61. The molecule has 8 atom stereocenters. The van der Waals surface area contributed by atoms with Crippen LogP contribution in [-0.4, -0.2) is 90.7 Å². The molecular formula is C18H34N2O9. The van der Waals surface area contributed by atoms with Gasteiger partial charge in [0.05, 0.1) is 45.7 Å². The molecule has 0 bridgehead atoms. The van der Waals surface area contributed by atoms with E-state index in [-0.39, 0.29) is 37.4 Å². The molecule has 2 aliphatic rings. The molecule has 0 spiro atoms. The van der Waals surface area contributed by atoms with Crippen molar-refractivity contribution in [2.45, 2.75) is 57.0 Å². The Labute approximate surface area is 170 Å². The van der Waals surface area contributed by atoms with Gasteiger partial charge >= 0.3 is 5.95 Å². The lowest BCUT2D eigenvalue weighted by molar-refractivity contribution is -0.272. The molecule has 0 aromatic heterocycles. The topological polar surface area (TPSA) is 165 Å². The number of nitrogens with one attached hydrogen (secondary N) is 1. The summed E-state index contributed by atoms with van der Waals surface area (Å²) in [5.74, 6) is -0.867. The number of aliphatic hydroxyl groups is 4. The molecule has 0 radical (unpaired) electrons. The summed E-state index contributed by atoms with van der Waals surface area (Å²) in [6, 6.07) is -0.668. The zero-order valence-corrected chi connectivity index (χ0v) is 17.1. The standard InChI is InChI=1S/C18H34N2O9/c1-4-27-20-14-15(23)9(2)11(7-21)28-18(14)26-6-5-10-12(8-22)29-17(25-3)13(19)16(10)24/h9-12,14-16,18,20-24H,4-8,19H2,1-3H3/t9-,10-,11?,12?,14?,15+,16+,18-/m1/s1. The molecule has 11 heteroatoms. The number of hydroxylamine groups is 1. The minimum absolute atomic E-state index is 0.00629. The van der Waals surface area contributed by atoms with E-state index in [0.717, 1.165) is 0 Å². The van der Waals surface area contributed by atoms with Gasteiger partial charge in [-0.05, 0) is 13.3 Å². The summed E-state index contributed by atoms with van der Waals surface area (Å²) in [5, 5.41) is 40.1. The number of hydrogen-bond acceptors (Lipinski definition) is 11. The van der Waals surface area contributed by atoms with E-state index in [1.807, 2.05) is 0 Å². The summed E-state index contributed by atoms with van der Waals surface area (Å²) >= 11 is 0. The fraction of sp³-hybridized carbons (Fsp3) is 0.889. The van der Waals surface area contributed by atoms with E-state index in [1.54, 1.807) is 13.8 Å². The Balaban J connectivity index is 2.01. The lowest BCUT2D eigenvalue weighted by atomic mass is 9.89. The van der Waals surface area contributed by atoms with Crippen molar-refractivity contribution in [2.24, 2.45) is 17.6 Å². The molecule has 3 unspecified atom stereocenters. The molecular weight excluding hydrogens is 388 g/mol. The Hall–Kier alpha value is -1.18. The first-order valence-electron chi connectivity index (χ1n) is 9.81. The summed E-state index contributed by atoms with van der Waals surface area (Å²) in [6.07, 6.45) is -3.83. The Kier molecular flexibility index (Phi) is 9.37. The average Bonchev–Trinajstić information content (AvgIpc) is 2.73. The van der Waals surface area contributed by atoms with Crippen LogP contribution in [0.3, 0.4) is 0 Å². The second kappa shape index (κ2) is 11.3. The van der Waals surface area contributed by atoms with Gasteiger partial charge in [0.15, 0.2) is 6.29 Å². The summed E-state index contributed by atoms with van der Waals surface area (Å²) in [4.78, 5) is 5.21. The highest BCUT2D eigenvalue weighted by Crippen LogP contribution is 2.31. The van der Waals surface area contributed by atoms with E-state index < -0.39 is 42.7 Å². The van der Waals surface area contributed by atoms with E-state index in [2.05, 4.69) is 5.48 Å². The number of ether oxygens (including phenoxy) is 4. The van der Waals surface area contributed by atoms with Gasteiger partial charge in [0.25, 0.3) is 0 Å². The van der Waals surface area contributed by atoms with Crippen molar-refractivity contribution in [3.8, 4) is 0 Å². The normalized spacial score (nSPS) is 38.0. The van der Waals surface area contributed by atoms with E-state index in [0.29, 0.717) is 13.0 Å². The third-order valence-electron chi connectivity index (χ3n) is 5.43. The third-order valence-corrected chi connectivity index (χ3v) is 5.43. The van der Waals surface area contributed by atoms with Gasteiger partial charge in [0.1, 0.15) is 23.9 Å². The molecule has 7 N–H and O–H groups in total. The molecule has 2 heterocycles. The lowest BCUT2D eigenvalue weighted by Gasteiger charge is -2.43. The third kappa shape index (κ3) is 5.50. The quantitative estimate of drug-likeness (QED) is 0.219. The Morgan fingerprint density at radius 3 is 2.45 bits per heavy atom. The zero-order valence-electron chi connectivity index (χ0n) is 17.1. The van der Waals surface area contributed by atoms with Crippen molar-refractivity contribution < 1.29 is 44.2 Å². The van der Waals surface area contributed by atoms with Crippen LogP contribution in [0.4, 0.5) is 0 Å². The van der Waals surface area contributed by atoms with Gasteiger partial charge in [-0.3, -0.25) is 0 Å². The van der Waals surface area contributed by atoms with E-state index in [1.165, 1.54) is 7.11 Å². The summed E-state index contributed by atoms with van der Waals surface area (Å²) < 4.78 is 22.1. The summed E-state index contributed by atoms with van der Waals surface area (Å²) in [6.45, 7) is 3.47. The first kappa shape index (κ1) is 24.1. The average molecular weight is 422 g/mol. The minimum atomic E-state index is -1.07. The van der Waals surface area contributed by atoms with Crippen LogP contribution in [0.5, 0.6) is 0 Å². The van der Waals surface area contributed by atoms with Gasteiger partial charge < -0.3 is 49.9 Å².